The van der Waals surface area contributed by atoms with Crippen molar-refractivity contribution in [3.05, 3.63) is 48.0 Å². The Labute approximate surface area is 122 Å². The minimum absolute atomic E-state index is 0.0234. The number of amides is 1. The Morgan fingerprint density at radius 2 is 1.65 bits per heavy atom. The molecule has 1 amide bonds. The molecular weight excluding hydrogens is 246 g/mol. The van der Waals surface area contributed by atoms with Crippen LogP contribution >= 0.6 is 0 Å². The zero-order valence-electron chi connectivity index (χ0n) is 12.8. The van der Waals surface area contributed by atoms with E-state index in [2.05, 4.69) is 26.1 Å². The van der Waals surface area contributed by atoms with Crippen molar-refractivity contribution in [2.75, 3.05) is 6.54 Å². The molecule has 0 atom stereocenters. The summed E-state index contributed by atoms with van der Waals surface area (Å²) in [6.45, 7) is 7.11. The molecule has 0 unspecified atom stereocenters. The number of benzene rings is 2. The van der Waals surface area contributed by atoms with Crippen LogP contribution in [0.2, 0.25) is 0 Å². The molecule has 0 saturated heterocycles. The molecule has 2 aromatic carbocycles. The van der Waals surface area contributed by atoms with Gasteiger partial charge < -0.3 is 5.32 Å². The lowest BCUT2D eigenvalue weighted by molar-refractivity contribution is 0.0955. The lowest BCUT2D eigenvalue weighted by Crippen LogP contribution is -2.24. The van der Waals surface area contributed by atoms with Crippen molar-refractivity contribution in [2.45, 2.75) is 40.0 Å². The molecule has 0 aliphatic rings. The van der Waals surface area contributed by atoms with Crippen LogP contribution in [0.15, 0.2) is 42.5 Å². The molecule has 0 bridgehead atoms. The lowest BCUT2D eigenvalue weighted by atomic mass is 10.0. The average molecular weight is 271 g/mol. The summed E-state index contributed by atoms with van der Waals surface area (Å²) < 4.78 is 0. The number of fused-ring (bicyclic) bond motifs is 1. The third kappa shape index (κ3) is 4.69. The van der Waals surface area contributed by atoms with Gasteiger partial charge in [-0.05, 0) is 23.3 Å². The Morgan fingerprint density at radius 1 is 1.00 bits per heavy atom. The molecule has 0 spiro atoms. The Morgan fingerprint density at radius 3 is 2.35 bits per heavy atom. The third-order valence-corrected chi connectivity index (χ3v) is 2.85. The van der Waals surface area contributed by atoms with E-state index in [1.54, 1.807) is 0 Å². The van der Waals surface area contributed by atoms with Crippen molar-refractivity contribution >= 4 is 16.7 Å². The highest BCUT2D eigenvalue weighted by Gasteiger charge is 2.08. The van der Waals surface area contributed by atoms with E-state index in [1.807, 2.05) is 42.5 Å². The molecule has 0 aromatic heterocycles. The monoisotopic (exact) mass is 271 g/mol. The number of hydrogen-bond donors (Lipinski definition) is 1. The summed E-state index contributed by atoms with van der Waals surface area (Å²) in [6.07, 6.45) is 3.37. The SMILES string of the molecule is CCC.CCCCNC(=O)c1cccc2ccccc12. The largest absolute Gasteiger partial charge is 0.352 e. The highest BCUT2D eigenvalue weighted by molar-refractivity contribution is 6.06. The van der Waals surface area contributed by atoms with Gasteiger partial charge in [-0.15, -0.1) is 0 Å². The van der Waals surface area contributed by atoms with Gasteiger partial charge in [-0.25, -0.2) is 0 Å². The summed E-state index contributed by atoms with van der Waals surface area (Å²) >= 11 is 0. The van der Waals surface area contributed by atoms with Gasteiger partial charge in [0, 0.05) is 12.1 Å². The van der Waals surface area contributed by atoms with E-state index in [4.69, 9.17) is 0 Å². The highest BCUT2D eigenvalue weighted by atomic mass is 16.1. The Balaban J connectivity index is 0.000000612. The van der Waals surface area contributed by atoms with Gasteiger partial charge >= 0.3 is 0 Å². The zero-order valence-corrected chi connectivity index (χ0v) is 12.8. The maximum Gasteiger partial charge on any atom is 0.251 e. The van der Waals surface area contributed by atoms with Gasteiger partial charge in [-0.3, -0.25) is 4.79 Å². The van der Waals surface area contributed by atoms with Crippen LogP contribution in [0.4, 0.5) is 0 Å². The van der Waals surface area contributed by atoms with E-state index in [0.29, 0.717) is 0 Å². The quantitative estimate of drug-likeness (QED) is 0.796. The third-order valence-electron chi connectivity index (χ3n) is 2.85. The summed E-state index contributed by atoms with van der Waals surface area (Å²) in [5, 5.41) is 5.08. The van der Waals surface area contributed by atoms with Crippen LogP contribution in [0.25, 0.3) is 10.8 Å². The minimum atomic E-state index is 0.0234. The molecule has 1 N–H and O–H groups in total. The molecule has 0 aliphatic carbocycles. The average Bonchev–Trinajstić information content (AvgIpc) is 2.47. The molecule has 0 saturated carbocycles. The molecular formula is C18H25NO. The summed E-state index contributed by atoms with van der Waals surface area (Å²) in [5.41, 5.74) is 0.763. The number of rotatable bonds is 4. The highest BCUT2D eigenvalue weighted by Crippen LogP contribution is 2.18. The van der Waals surface area contributed by atoms with Crippen molar-refractivity contribution in [1.82, 2.24) is 5.32 Å². The van der Waals surface area contributed by atoms with Crippen molar-refractivity contribution in [1.29, 1.82) is 0 Å². The first-order valence-electron chi connectivity index (χ1n) is 7.50. The normalized spacial score (nSPS) is 9.75. The fourth-order valence-electron chi connectivity index (χ4n) is 1.90. The number of hydrogen-bond acceptors (Lipinski definition) is 1. The van der Waals surface area contributed by atoms with Gasteiger partial charge in [0.2, 0.25) is 0 Å². The topological polar surface area (TPSA) is 29.1 Å². The van der Waals surface area contributed by atoms with Crippen LogP contribution in [0.1, 0.15) is 50.4 Å². The number of unbranched alkanes of at least 4 members (excludes halogenated alkanes) is 1. The fraction of sp³-hybridized carbons (Fsp3) is 0.389. The van der Waals surface area contributed by atoms with E-state index in [9.17, 15) is 4.79 Å². The second kappa shape index (κ2) is 9.13. The molecule has 2 aromatic rings. The van der Waals surface area contributed by atoms with Crippen LogP contribution in [0.3, 0.4) is 0 Å². The number of nitrogens with one attached hydrogen (secondary N) is 1. The molecule has 0 fully saturated rings. The fourth-order valence-corrected chi connectivity index (χ4v) is 1.90. The van der Waals surface area contributed by atoms with E-state index in [0.717, 1.165) is 35.7 Å². The van der Waals surface area contributed by atoms with E-state index < -0.39 is 0 Å². The predicted molar refractivity (Wildman–Crippen MR) is 87.2 cm³/mol. The molecule has 2 heteroatoms. The first kappa shape index (κ1) is 16.2. The summed E-state index contributed by atoms with van der Waals surface area (Å²) in [7, 11) is 0. The van der Waals surface area contributed by atoms with Crippen LogP contribution < -0.4 is 5.32 Å². The summed E-state index contributed by atoms with van der Waals surface area (Å²) in [6, 6.07) is 13.8. The van der Waals surface area contributed by atoms with Crippen molar-refractivity contribution in [3.8, 4) is 0 Å². The first-order chi connectivity index (χ1) is 9.74. The van der Waals surface area contributed by atoms with Gasteiger partial charge in [0.05, 0.1) is 0 Å². The summed E-state index contributed by atoms with van der Waals surface area (Å²) in [5.74, 6) is 0.0234. The van der Waals surface area contributed by atoms with Crippen molar-refractivity contribution in [3.63, 3.8) is 0 Å². The molecule has 2 nitrogen and oxygen atoms in total. The second-order valence-electron chi connectivity index (χ2n) is 4.84. The van der Waals surface area contributed by atoms with Crippen LogP contribution in [-0.2, 0) is 0 Å². The van der Waals surface area contributed by atoms with Gasteiger partial charge in [-0.2, -0.15) is 0 Å². The first-order valence-corrected chi connectivity index (χ1v) is 7.50. The molecule has 0 radical (unpaired) electrons. The Bertz CT molecular complexity index is 528. The number of carbonyl (C=O) groups is 1. The molecule has 20 heavy (non-hydrogen) atoms. The lowest BCUT2D eigenvalue weighted by Gasteiger charge is -2.07. The van der Waals surface area contributed by atoms with Gasteiger partial charge in [0.1, 0.15) is 0 Å². The molecule has 0 aliphatic heterocycles. The minimum Gasteiger partial charge on any atom is -0.352 e. The molecule has 0 heterocycles. The standard InChI is InChI=1S/C15H17NO.C3H8/c1-2-3-11-16-15(17)14-10-6-8-12-7-4-5-9-13(12)14;1-3-2/h4-10H,2-3,11H2,1H3,(H,16,17);3H2,1-2H3. The van der Waals surface area contributed by atoms with Crippen LogP contribution in [-0.4, -0.2) is 12.5 Å². The maximum absolute atomic E-state index is 12.0. The summed E-state index contributed by atoms with van der Waals surface area (Å²) in [4.78, 5) is 12.0. The number of carbonyl (C=O) groups excluding carboxylic acids is 1. The second-order valence-corrected chi connectivity index (χ2v) is 4.84. The van der Waals surface area contributed by atoms with E-state index >= 15 is 0 Å². The van der Waals surface area contributed by atoms with Crippen molar-refractivity contribution in [2.24, 2.45) is 0 Å². The maximum atomic E-state index is 12.0. The van der Waals surface area contributed by atoms with E-state index in [1.165, 1.54) is 6.42 Å². The molecule has 108 valence electrons. The van der Waals surface area contributed by atoms with Gasteiger partial charge in [-0.1, -0.05) is 70.0 Å². The smallest absolute Gasteiger partial charge is 0.251 e. The Kier molecular flexibility index (Phi) is 7.41. The zero-order chi connectivity index (χ0) is 14.8. The van der Waals surface area contributed by atoms with Crippen LogP contribution in [0, 0.1) is 0 Å². The van der Waals surface area contributed by atoms with Crippen molar-refractivity contribution < 1.29 is 4.79 Å². The van der Waals surface area contributed by atoms with Gasteiger partial charge in [0.15, 0.2) is 0 Å². The van der Waals surface area contributed by atoms with Crippen LogP contribution in [0.5, 0.6) is 0 Å². The molecule has 2 rings (SSSR count). The predicted octanol–water partition coefficient (Wildman–Crippen LogP) is 4.79. The van der Waals surface area contributed by atoms with E-state index in [-0.39, 0.29) is 5.91 Å². The van der Waals surface area contributed by atoms with Gasteiger partial charge in [0.25, 0.3) is 5.91 Å². The Hall–Kier alpha value is -1.83.